The number of carbonyl (C=O) groups is 1. The molecule has 3 fully saturated rings. The highest BCUT2D eigenvalue weighted by molar-refractivity contribution is 5.95. The van der Waals surface area contributed by atoms with Crippen LogP contribution >= 0.6 is 0 Å². The van der Waals surface area contributed by atoms with Crippen LogP contribution in [0.15, 0.2) is 42.5 Å². The number of nitrogens with one attached hydrogen (secondary N) is 2. The van der Waals surface area contributed by atoms with Crippen LogP contribution in [0.3, 0.4) is 0 Å². The molecule has 2 amide bonds. The van der Waals surface area contributed by atoms with Gasteiger partial charge in [0.15, 0.2) is 11.6 Å². The molecule has 3 heterocycles. The molecule has 3 saturated heterocycles. The molecular formula is C24H26F4N4O3. The smallest absolute Gasteiger partial charge is 0.403 e. The lowest BCUT2D eigenvalue weighted by Gasteiger charge is -2.40. The molecule has 0 aliphatic carbocycles. The molecule has 0 bridgehead atoms. The molecule has 7 nitrogen and oxygen atoms in total. The molecular weight excluding hydrogens is 468 g/mol. The molecule has 0 atom stereocenters. The van der Waals surface area contributed by atoms with Crippen molar-refractivity contribution in [3.63, 3.8) is 0 Å². The maximum Gasteiger partial charge on any atom is 0.573 e. The first-order valence-electron chi connectivity index (χ1n) is 11.5. The molecule has 2 aromatic carbocycles. The highest BCUT2D eigenvalue weighted by Gasteiger charge is 2.51. The van der Waals surface area contributed by atoms with E-state index in [4.69, 9.17) is 4.74 Å². The fourth-order valence-corrected chi connectivity index (χ4v) is 5.09. The number of urea groups is 1. The van der Waals surface area contributed by atoms with E-state index in [0.29, 0.717) is 38.5 Å². The van der Waals surface area contributed by atoms with Gasteiger partial charge in [-0.25, -0.2) is 9.18 Å². The van der Waals surface area contributed by atoms with Gasteiger partial charge in [0.1, 0.15) is 0 Å². The molecule has 3 aliphatic rings. The van der Waals surface area contributed by atoms with Crippen LogP contribution in [0.5, 0.6) is 5.75 Å². The van der Waals surface area contributed by atoms with Crippen LogP contribution in [0.2, 0.25) is 0 Å². The van der Waals surface area contributed by atoms with Crippen LogP contribution in [0, 0.1) is 5.82 Å². The van der Waals surface area contributed by atoms with Crippen LogP contribution in [-0.4, -0.2) is 55.7 Å². The zero-order chi connectivity index (χ0) is 24.6. The van der Waals surface area contributed by atoms with Crippen LogP contribution in [0.4, 0.5) is 28.0 Å². The minimum absolute atomic E-state index is 0.0376. The van der Waals surface area contributed by atoms with Crippen molar-refractivity contribution < 1.29 is 31.8 Å². The molecule has 2 N–H and O–H groups in total. The highest BCUT2D eigenvalue weighted by Crippen LogP contribution is 2.40. The summed E-state index contributed by atoms with van der Waals surface area (Å²) in [5, 5.41) is 0. The molecule has 1 spiro atoms. The SMILES string of the molecule is O=C1N(c2ccc(C3CNNC3)cc2)CC2(CCOCC2)N1Cc1cccc(OC(F)(F)F)c1F. The Morgan fingerprint density at radius 3 is 2.40 bits per heavy atom. The number of hydrazine groups is 1. The highest BCUT2D eigenvalue weighted by atomic mass is 19.4. The quantitative estimate of drug-likeness (QED) is 0.618. The molecule has 0 radical (unpaired) electrons. The van der Waals surface area contributed by atoms with Crippen molar-refractivity contribution in [1.29, 1.82) is 0 Å². The van der Waals surface area contributed by atoms with E-state index in [0.717, 1.165) is 30.4 Å². The van der Waals surface area contributed by atoms with Gasteiger partial charge in [-0.1, -0.05) is 24.3 Å². The summed E-state index contributed by atoms with van der Waals surface area (Å²) in [6.45, 7) is 2.74. The van der Waals surface area contributed by atoms with E-state index in [1.807, 2.05) is 24.3 Å². The summed E-state index contributed by atoms with van der Waals surface area (Å²) in [6, 6.07) is 11.1. The Morgan fingerprint density at radius 2 is 1.74 bits per heavy atom. The molecule has 11 heteroatoms. The molecule has 35 heavy (non-hydrogen) atoms. The summed E-state index contributed by atoms with van der Waals surface area (Å²) >= 11 is 0. The summed E-state index contributed by atoms with van der Waals surface area (Å²) in [4.78, 5) is 16.8. The Balaban J connectivity index is 1.42. The normalized spacial score (nSPS) is 20.7. The molecule has 2 aromatic rings. The van der Waals surface area contributed by atoms with Gasteiger partial charge in [0.05, 0.1) is 18.6 Å². The Morgan fingerprint density at radius 1 is 1.06 bits per heavy atom. The number of rotatable bonds is 5. The van der Waals surface area contributed by atoms with E-state index in [-0.39, 0.29) is 18.1 Å². The third-order valence-corrected chi connectivity index (χ3v) is 7.01. The van der Waals surface area contributed by atoms with Crippen LogP contribution in [-0.2, 0) is 11.3 Å². The van der Waals surface area contributed by atoms with E-state index >= 15 is 0 Å². The average molecular weight is 494 g/mol. The van der Waals surface area contributed by atoms with E-state index in [1.165, 1.54) is 12.1 Å². The average Bonchev–Trinajstić information content (AvgIpc) is 3.45. The van der Waals surface area contributed by atoms with Crippen LogP contribution in [0.1, 0.15) is 29.9 Å². The molecule has 5 rings (SSSR count). The van der Waals surface area contributed by atoms with Crippen molar-refractivity contribution in [1.82, 2.24) is 15.8 Å². The minimum atomic E-state index is -5.02. The fraction of sp³-hybridized carbons (Fsp3) is 0.458. The topological polar surface area (TPSA) is 66.1 Å². The zero-order valence-corrected chi connectivity index (χ0v) is 18.9. The van der Waals surface area contributed by atoms with E-state index in [1.54, 1.807) is 9.80 Å². The minimum Gasteiger partial charge on any atom is -0.403 e. The van der Waals surface area contributed by atoms with E-state index in [2.05, 4.69) is 15.6 Å². The number of benzene rings is 2. The van der Waals surface area contributed by atoms with Crippen molar-refractivity contribution in [2.45, 2.75) is 37.2 Å². The number of anilines is 1. The van der Waals surface area contributed by atoms with Crippen molar-refractivity contribution in [2.24, 2.45) is 0 Å². The Hall–Kier alpha value is -2.89. The lowest BCUT2D eigenvalue weighted by atomic mass is 9.88. The van der Waals surface area contributed by atoms with Crippen molar-refractivity contribution in [3.05, 3.63) is 59.4 Å². The molecule has 0 saturated carbocycles. The van der Waals surface area contributed by atoms with Gasteiger partial charge in [0.2, 0.25) is 0 Å². The number of halogens is 4. The van der Waals surface area contributed by atoms with Gasteiger partial charge in [-0.15, -0.1) is 13.2 Å². The van der Waals surface area contributed by atoms with Crippen LogP contribution < -0.4 is 20.5 Å². The van der Waals surface area contributed by atoms with E-state index < -0.39 is 23.5 Å². The first kappa shape index (κ1) is 23.8. The summed E-state index contributed by atoms with van der Waals surface area (Å²) < 4.78 is 62.4. The van der Waals surface area contributed by atoms with Gasteiger partial charge in [0.25, 0.3) is 0 Å². The monoisotopic (exact) mass is 494 g/mol. The van der Waals surface area contributed by atoms with Gasteiger partial charge in [-0.3, -0.25) is 15.8 Å². The third-order valence-electron chi connectivity index (χ3n) is 7.01. The van der Waals surface area contributed by atoms with Gasteiger partial charge >= 0.3 is 12.4 Å². The molecule has 0 aromatic heterocycles. The standard InChI is InChI=1S/C24H26F4N4O3/c25-21-17(2-1-3-20(21)35-24(26,27)28)14-32-22(33)31(15-23(32)8-10-34-11-9-23)19-6-4-16(5-7-19)18-12-29-30-13-18/h1-7,18,29-30H,8-15H2. The fourth-order valence-electron chi connectivity index (χ4n) is 5.09. The van der Waals surface area contributed by atoms with Gasteiger partial charge in [-0.05, 0) is 36.6 Å². The van der Waals surface area contributed by atoms with Crippen molar-refractivity contribution in [3.8, 4) is 5.75 Å². The summed E-state index contributed by atoms with van der Waals surface area (Å²) in [5.74, 6) is -1.70. The van der Waals surface area contributed by atoms with Crippen molar-refractivity contribution >= 4 is 11.7 Å². The number of hydrogen-bond donors (Lipinski definition) is 2. The second kappa shape index (κ2) is 9.29. The number of carbonyl (C=O) groups excluding carboxylic acids is 1. The Labute approximate surface area is 199 Å². The molecule has 3 aliphatic heterocycles. The summed E-state index contributed by atoms with van der Waals surface area (Å²) in [5.41, 5.74) is 7.43. The largest absolute Gasteiger partial charge is 0.573 e. The predicted octanol–water partition coefficient (Wildman–Crippen LogP) is 3.91. The number of amides is 2. The molecule has 188 valence electrons. The number of nitrogens with zero attached hydrogens (tertiary/aromatic N) is 2. The molecule has 0 unspecified atom stereocenters. The Kier molecular flexibility index (Phi) is 6.32. The zero-order valence-electron chi connectivity index (χ0n) is 18.9. The number of ether oxygens (including phenoxy) is 2. The second-order valence-electron chi connectivity index (χ2n) is 9.12. The maximum absolute atomic E-state index is 14.9. The summed E-state index contributed by atoms with van der Waals surface area (Å²) in [6.07, 6.45) is -3.92. The first-order chi connectivity index (χ1) is 16.8. The first-order valence-corrected chi connectivity index (χ1v) is 11.5. The second-order valence-corrected chi connectivity index (χ2v) is 9.12. The van der Waals surface area contributed by atoms with Crippen LogP contribution in [0.25, 0.3) is 0 Å². The number of alkyl halides is 3. The predicted molar refractivity (Wildman–Crippen MR) is 119 cm³/mol. The van der Waals surface area contributed by atoms with Crippen molar-refractivity contribution in [2.75, 3.05) is 37.7 Å². The van der Waals surface area contributed by atoms with E-state index in [9.17, 15) is 22.4 Å². The Bertz CT molecular complexity index is 1070. The van der Waals surface area contributed by atoms with Gasteiger partial charge in [0, 0.05) is 43.5 Å². The third kappa shape index (κ3) is 4.80. The lowest BCUT2D eigenvalue weighted by Crippen LogP contribution is -2.50. The summed E-state index contributed by atoms with van der Waals surface area (Å²) in [7, 11) is 0. The number of hydrogen-bond acceptors (Lipinski definition) is 5. The van der Waals surface area contributed by atoms with Gasteiger partial charge in [-0.2, -0.15) is 0 Å². The maximum atomic E-state index is 14.9. The van der Waals surface area contributed by atoms with Gasteiger partial charge < -0.3 is 14.4 Å². The lowest BCUT2D eigenvalue weighted by molar-refractivity contribution is -0.275.